The van der Waals surface area contributed by atoms with E-state index in [-0.39, 0.29) is 26.1 Å². The zero-order valence-electron chi connectivity index (χ0n) is 46.9. The van der Waals surface area contributed by atoms with E-state index in [0.29, 0.717) is 12.8 Å². The van der Waals surface area contributed by atoms with Crippen molar-refractivity contribution in [1.82, 2.24) is 0 Å². The van der Waals surface area contributed by atoms with Crippen LogP contribution in [0.1, 0.15) is 271 Å². The number of carbonyl (C=O) groups excluding carboxylic acids is 2. The number of carbonyl (C=O) groups is 2. The predicted octanol–water partition coefficient (Wildman–Crippen LogP) is 10.7. The second kappa shape index (κ2) is 46.4. The van der Waals surface area contributed by atoms with Crippen molar-refractivity contribution >= 4 is 11.9 Å². The van der Waals surface area contributed by atoms with Gasteiger partial charge in [0.25, 0.3) is 0 Å². The molecular weight excluding hydrogens is 949 g/mol. The molecule has 2 heterocycles. The van der Waals surface area contributed by atoms with E-state index in [1.807, 2.05) is 0 Å². The molecule has 438 valence electrons. The van der Waals surface area contributed by atoms with Crippen LogP contribution in [0.2, 0.25) is 0 Å². The zero-order valence-corrected chi connectivity index (χ0v) is 46.9. The summed E-state index contributed by atoms with van der Waals surface area (Å²) in [7, 11) is 0. The lowest BCUT2D eigenvalue weighted by atomic mass is 9.98. The van der Waals surface area contributed by atoms with Gasteiger partial charge >= 0.3 is 11.9 Å². The summed E-state index contributed by atoms with van der Waals surface area (Å²) in [6.07, 6.45) is 31.2. The molecule has 0 radical (unpaired) electrons. The van der Waals surface area contributed by atoms with E-state index in [4.69, 9.17) is 28.4 Å². The molecule has 0 spiro atoms. The summed E-state index contributed by atoms with van der Waals surface area (Å²) < 4.78 is 33.8. The highest BCUT2D eigenvalue weighted by Crippen LogP contribution is 2.27. The molecule has 0 amide bonds. The molecule has 2 saturated heterocycles. The van der Waals surface area contributed by atoms with Gasteiger partial charge in [0.1, 0.15) is 55.4 Å². The molecule has 15 heteroatoms. The van der Waals surface area contributed by atoms with Crippen LogP contribution in [-0.2, 0) is 38.0 Å². The number of aliphatic hydroxyl groups excluding tert-OH is 7. The minimum absolute atomic E-state index is 0.174. The van der Waals surface area contributed by atoms with Crippen molar-refractivity contribution in [3.63, 3.8) is 0 Å². The maximum atomic E-state index is 13.1. The van der Waals surface area contributed by atoms with Crippen molar-refractivity contribution in [1.29, 1.82) is 0 Å². The van der Waals surface area contributed by atoms with Gasteiger partial charge in [-0.25, -0.2) is 0 Å². The topological polar surface area (TPSA) is 231 Å². The monoisotopic (exact) mass is 1060 g/mol. The Labute approximate surface area is 448 Å². The Hall–Kier alpha value is -1.50. The predicted molar refractivity (Wildman–Crippen MR) is 289 cm³/mol. The summed E-state index contributed by atoms with van der Waals surface area (Å²) in [5.41, 5.74) is 0. The molecule has 0 saturated carbocycles. The molecule has 0 aromatic carbocycles. The number of ether oxygens (including phenoxy) is 6. The lowest BCUT2D eigenvalue weighted by molar-refractivity contribution is -0.332. The van der Waals surface area contributed by atoms with Crippen LogP contribution in [0.3, 0.4) is 0 Å². The number of hydrogen-bond acceptors (Lipinski definition) is 15. The van der Waals surface area contributed by atoms with Crippen LogP contribution in [0, 0.1) is 0 Å². The van der Waals surface area contributed by atoms with Crippen LogP contribution >= 0.6 is 0 Å². The van der Waals surface area contributed by atoms with Gasteiger partial charge in [-0.15, -0.1) is 0 Å². The van der Waals surface area contributed by atoms with E-state index < -0.39 is 92.7 Å². The lowest BCUT2D eigenvalue weighted by Gasteiger charge is -2.42. The molecule has 0 aromatic heterocycles. The Kier molecular flexibility index (Phi) is 43.0. The average Bonchev–Trinajstić information content (AvgIpc) is 3.39. The largest absolute Gasteiger partial charge is 0.462 e. The fourth-order valence-electron chi connectivity index (χ4n) is 10.1. The Bertz CT molecular complexity index is 1290. The molecular formula is C59H112O15. The van der Waals surface area contributed by atoms with E-state index in [1.165, 1.54) is 193 Å². The molecule has 11 atom stereocenters. The number of rotatable bonds is 50. The molecule has 2 aliphatic heterocycles. The Morgan fingerprint density at radius 3 is 1.05 bits per heavy atom. The van der Waals surface area contributed by atoms with Crippen molar-refractivity contribution in [2.45, 2.75) is 338 Å². The first-order valence-corrected chi connectivity index (χ1v) is 30.6. The minimum Gasteiger partial charge on any atom is -0.462 e. The first-order valence-electron chi connectivity index (χ1n) is 30.6. The fraction of sp³-hybridized carbons (Fsp3) is 0.966. The normalized spacial score (nSPS) is 24.6. The Balaban J connectivity index is 1.72. The number of hydrogen-bond donors (Lipinski definition) is 7. The number of esters is 2. The van der Waals surface area contributed by atoms with Gasteiger partial charge < -0.3 is 64.2 Å². The SMILES string of the molecule is CCCCCCCCCCCCCCCCCCCCCC(=O)OCC(COC1OC(COC2OC(CO)C(O)C(O)C2O)C(O)C(O)C1O)OC(=O)CCCCCCCCCCCCCCCCCCCCC. The maximum Gasteiger partial charge on any atom is 0.306 e. The minimum atomic E-state index is -1.76. The van der Waals surface area contributed by atoms with Crippen molar-refractivity contribution < 1.29 is 73.8 Å². The molecule has 2 fully saturated rings. The molecule has 0 aliphatic carbocycles. The Morgan fingerprint density at radius 2 is 0.689 bits per heavy atom. The molecule has 74 heavy (non-hydrogen) atoms. The van der Waals surface area contributed by atoms with Crippen LogP contribution in [-0.4, -0.2) is 142 Å². The number of aliphatic hydroxyl groups is 7. The highest BCUT2D eigenvalue weighted by molar-refractivity contribution is 5.70. The van der Waals surface area contributed by atoms with E-state index in [1.54, 1.807) is 0 Å². The van der Waals surface area contributed by atoms with Gasteiger partial charge in [0.2, 0.25) is 0 Å². The third-order valence-electron chi connectivity index (χ3n) is 15.1. The average molecular weight is 1060 g/mol. The van der Waals surface area contributed by atoms with Gasteiger partial charge in [0, 0.05) is 12.8 Å². The third kappa shape index (κ3) is 33.1. The summed E-state index contributed by atoms with van der Waals surface area (Å²) >= 11 is 0. The summed E-state index contributed by atoms with van der Waals surface area (Å²) in [5.74, 6) is -0.901. The summed E-state index contributed by atoms with van der Waals surface area (Å²) in [6.45, 7) is 2.67. The summed E-state index contributed by atoms with van der Waals surface area (Å²) in [5, 5.41) is 72.3. The van der Waals surface area contributed by atoms with Gasteiger partial charge in [0.15, 0.2) is 18.7 Å². The molecule has 0 aromatic rings. The Morgan fingerprint density at radius 1 is 0.378 bits per heavy atom. The summed E-state index contributed by atoms with van der Waals surface area (Å²) in [6, 6.07) is 0. The first-order chi connectivity index (χ1) is 36.0. The van der Waals surface area contributed by atoms with Crippen LogP contribution in [0.5, 0.6) is 0 Å². The number of unbranched alkanes of at least 4 members (excludes halogenated alkanes) is 36. The van der Waals surface area contributed by atoms with E-state index in [0.717, 1.165) is 38.5 Å². The lowest BCUT2D eigenvalue weighted by Crippen LogP contribution is -2.61. The standard InChI is InChI=1S/C59H112O15/c1-3-5-7-9-11-13-15-17-19-21-23-25-27-29-31-33-35-37-39-41-50(61)69-44-47(72-51(62)42-40-38-36-34-32-30-28-26-24-22-20-18-16-14-12-10-8-6-4-2)45-70-58-57(68)55(66)53(64)49(74-58)46-71-59-56(67)54(65)52(63)48(43-60)73-59/h47-49,52-60,63-68H,3-46H2,1-2H3. The second-order valence-electron chi connectivity index (χ2n) is 21.9. The van der Waals surface area contributed by atoms with Gasteiger partial charge in [-0.3, -0.25) is 9.59 Å². The van der Waals surface area contributed by atoms with E-state index >= 15 is 0 Å². The van der Waals surface area contributed by atoms with Gasteiger partial charge in [-0.1, -0.05) is 245 Å². The maximum absolute atomic E-state index is 13.1. The highest BCUT2D eigenvalue weighted by Gasteiger charge is 2.47. The van der Waals surface area contributed by atoms with Crippen LogP contribution in [0.4, 0.5) is 0 Å². The van der Waals surface area contributed by atoms with E-state index in [9.17, 15) is 45.3 Å². The van der Waals surface area contributed by atoms with Crippen molar-refractivity contribution in [3.8, 4) is 0 Å². The third-order valence-corrected chi connectivity index (χ3v) is 15.1. The van der Waals surface area contributed by atoms with Gasteiger partial charge in [0.05, 0.1) is 19.8 Å². The second-order valence-corrected chi connectivity index (χ2v) is 21.9. The van der Waals surface area contributed by atoms with Crippen molar-refractivity contribution in [3.05, 3.63) is 0 Å². The molecule has 0 bridgehead atoms. The highest BCUT2D eigenvalue weighted by atomic mass is 16.7. The van der Waals surface area contributed by atoms with Crippen molar-refractivity contribution in [2.75, 3.05) is 26.4 Å². The van der Waals surface area contributed by atoms with Crippen LogP contribution in [0.25, 0.3) is 0 Å². The van der Waals surface area contributed by atoms with Gasteiger partial charge in [-0.2, -0.15) is 0 Å². The van der Waals surface area contributed by atoms with Crippen molar-refractivity contribution in [2.24, 2.45) is 0 Å². The first kappa shape index (κ1) is 68.6. The van der Waals surface area contributed by atoms with Gasteiger partial charge in [-0.05, 0) is 12.8 Å². The molecule has 11 unspecified atom stereocenters. The molecule has 2 aliphatic rings. The van der Waals surface area contributed by atoms with Crippen LogP contribution < -0.4 is 0 Å². The van der Waals surface area contributed by atoms with Crippen LogP contribution in [0.15, 0.2) is 0 Å². The zero-order chi connectivity index (χ0) is 53.9. The summed E-state index contributed by atoms with van der Waals surface area (Å²) in [4.78, 5) is 25.9. The molecule has 7 N–H and O–H groups in total. The fourth-order valence-corrected chi connectivity index (χ4v) is 10.1. The molecule has 15 nitrogen and oxygen atoms in total. The molecule has 2 rings (SSSR count). The quantitative estimate of drug-likeness (QED) is 0.0222. The smallest absolute Gasteiger partial charge is 0.306 e. The van der Waals surface area contributed by atoms with E-state index in [2.05, 4.69) is 13.8 Å².